The molecule has 0 radical (unpaired) electrons. The fraction of sp³-hybridized carbons (Fsp3) is 0. The Bertz CT molecular complexity index is 3180. The van der Waals surface area contributed by atoms with Gasteiger partial charge in [-0.15, -0.1) is 11.3 Å². The Morgan fingerprint density at radius 3 is 1.83 bits per heavy atom. The summed E-state index contributed by atoms with van der Waals surface area (Å²) in [5.74, 6) is 0. The molecule has 9 aromatic carbocycles. The van der Waals surface area contributed by atoms with Crippen molar-refractivity contribution in [2.45, 2.75) is 0 Å². The number of hydrogen-bond donors (Lipinski definition) is 0. The van der Waals surface area contributed by atoms with Crippen LogP contribution in [0.15, 0.2) is 192 Å². The van der Waals surface area contributed by atoms with E-state index in [1.807, 2.05) is 11.3 Å². The van der Waals surface area contributed by atoms with Crippen LogP contribution in [-0.4, -0.2) is 0 Å². The third-order valence-corrected chi connectivity index (χ3v) is 11.8. The second-order valence-corrected chi connectivity index (χ2v) is 14.7. The van der Waals surface area contributed by atoms with Crippen molar-refractivity contribution in [3.8, 4) is 22.3 Å². The van der Waals surface area contributed by atoms with Crippen LogP contribution in [0.25, 0.3) is 85.9 Å². The molecular weight excluding hydrogens is 663 g/mol. The van der Waals surface area contributed by atoms with Gasteiger partial charge >= 0.3 is 0 Å². The molecule has 2 heterocycles. The summed E-state index contributed by atoms with van der Waals surface area (Å²) in [4.78, 5) is 2.46. The zero-order valence-electron chi connectivity index (χ0n) is 28.7. The number of anilines is 3. The molecule has 0 saturated heterocycles. The van der Waals surface area contributed by atoms with E-state index in [1.165, 1.54) is 58.4 Å². The SMILES string of the molecule is c1ccc(-c2ccc3c(c2)oc2cccc(N(c4ccc5ccc6ccccc6c5c4)c4cccc5c4sc4cc(-c6ccccc6)ccc45)c23)cc1. The van der Waals surface area contributed by atoms with Crippen LogP contribution in [0.1, 0.15) is 0 Å². The van der Waals surface area contributed by atoms with Crippen LogP contribution in [-0.2, 0) is 0 Å². The van der Waals surface area contributed by atoms with Crippen LogP contribution in [0.3, 0.4) is 0 Å². The second-order valence-electron chi connectivity index (χ2n) is 13.7. The van der Waals surface area contributed by atoms with Gasteiger partial charge < -0.3 is 9.32 Å². The second kappa shape index (κ2) is 11.9. The lowest BCUT2D eigenvalue weighted by atomic mass is 10.00. The van der Waals surface area contributed by atoms with Crippen molar-refractivity contribution in [1.29, 1.82) is 0 Å². The molecule has 0 amide bonds. The van der Waals surface area contributed by atoms with Gasteiger partial charge in [0, 0.05) is 26.5 Å². The van der Waals surface area contributed by atoms with Gasteiger partial charge in [-0.25, -0.2) is 0 Å². The molecule has 0 spiro atoms. The maximum Gasteiger partial charge on any atom is 0.137 e. The molecule has 0 atom stereocenters. The van der Waals surface area contributed by atoms with E-state index in [0.717, 1.165) is 44.6 Å². The van der Waals surface area contributed by atoms with E-state index in [0.29, 0.717) is 0 Å². The summed E-state index contributed by atoms with van der Waals surface area (Å²) in [7, 11) is 0. The average molecular weight is 694 g/mol. The van der Waals surface area contributed by atoms with Crippen molar-refractivity contribution in [2.24, 2.45) is 0 Å². The highest BCUT2D eigenvalue weighted by Crippen LogP contribution is 2.49. The maximum absolute atomic E-state index is 6.67. The van der Waals surface area contributed by atoms with E-state index in [-0.39, 0.29) is 0 Å². The molecule has 0 aliphatic rings. The van der Waals surface area contributed by atoms with E-state index in [1.54, 1.807) is 0 Å². The van der Waals surface area contributed by atoms with Crippen molar-refractivity contribution >= 4 is 92.1 Å². The molecule has 11 aromatic rings. The molecular formula is C50H31NOS. The molecule has 0 unspecified atom stereocenters. The number of hydrogen-bond acceptors (Lipinski definition) is 3. The Labute approximate surface area is 310 Å². The topological polar surface area (TPSA) is 16.4 Å². The first kappa shape index (κ1) is 30.0. The minimum Gasteiger partial charge on any atom is -0.456 e. The Morgan fingerprint density at radius 1 is 0.377 bits per heavy atom. The van der Waals surface area contributed by atoms with Gasteiger partial charge in [0.05, 0.1) is 21.5 Å². The lowest BCUT2D eigenvalue weighted by Gasteiger charge is -2.27. The van der Waals surface area contributed by atoms with Crippen LogP contribution < -0.4 is 4.90 Å². The fourth-order valence-corrected chi connectivity index (χ4v) is 9.36. The smallest absolute Gasteiger partial charge is 0.137 e. The summed E-state index contributed by atoms with van der Waals surface area (Å²) in [6.45, 7) is 0. The van der Waals surface area contributed by atoms with Crippen molar-refractivity contribution in [3.05, 3.63) is 188 Å². The first-order valence-electron chi connectivity index (χ1n) is 18.0. The van der Waals surface area contributed by atoms with Crippen LogP contribution in [0.4, 0.5) is 17.1 Å². The number of nitrogens with zero attached hydrogens (tertiary/aromatic N) is 1. The molecule has 11 rings (SSSR count). The molecule has 248 valence electrons. The summed E-state index contributed by atoms with van der Waals surface area (Å²) in [5, 5.41) is 9.68. The predicted octanol–water partition coefficient (Wildman–Crippen LogP) is 15.1. The maximum atomic E-state index is 6.67. The third kappa shape index (κ3) is 4.86. The molecule has 3 heteroatoms. The zero-order valence-corrected chi connectivity index (χ0v) is 29.5. The summed E-state index contributed by atoms with van der Waals surface area (Å²) in [6.07, 6.45) is 0. The van der Waals surface area contributed by atoms with Crippen LogP contribution >= 0.6 is 11.3 Å². The largest absolute Gasteiger partial charge is 0.456 e. The first-order valence-corrected chi connectivity index (χ1v) is 18.8. The molecule has 0 bridgehead atoms. The summed E-state index contributed by atoms with van der Waals surface area (Å²) < 4.78 is 9.20. The number of thiophene rings is 1. The van der Waals surface area contributed by atoms with Gasteiger partial charge in [0.15, 0.2) is 0 Å². The van der Waals surface area contributed by atoms with Crippen LogP contribution in [0.5, 0.6) is 0 Å². The molecule has 0 N–H and O–H groups in total. The quantitative estimate of drug-likeness (QED) is 0.167. The van der Waals surface area contributed by atoms with Crippen molar-refractivity contribution < 1.29 is 4.42 Å². The Balaban J connectivity index is 1.18. The number of rotatable bonds is 5. The molecule has 2 nitrogen and oxygen atoms in total. The van der Waals surface area contributed by atoms with Gasteiger partial charge in [0.2, 0.25) is 0 Å². The molecule has 53 heavy (non-hydrogen) atoms. The molecule has 0 aliphatic carbocycles. The van der Waals surface area contributed by atoms with Gasteiger partial charge in [0.1, 0.15) is 11.2 Å². The number of benzene rings is 9. The molecule has 0 fully saturated rings. The zero-order chi connectivity index (χ0) is 34.9. The fourth-order valence-electron chi connectivity index (χ4n) is 8.11. The predicted molar refractivity (Wildman–Crippen MR) is 227 cm³/mol. The highest BCUT2D eigenvalue weighted by Gasteiger charge is 2.23. The van der Waals surface area contributed by atoms with Crippen LogP contribution in [0.2, 0.25) is 0 Å². The number of furan rings is 1. The number of fused-ring (bicyclic) bond motifs is 9. The monoisotopic (exact) mass is 693 g/mol. The molecule has 2 aromatic heterocycles. The minimum absolute atomic E-state index is 0.870. The highest BCUT2D eigenvalue weighted by atomic mass is 32.1. The standard InChI is InChI=1S/C50H31NOS/c1-3-11-32(12-4-1)36-25-28-42-47(29-36)52-46-20-10-18-44(49(42)46)51(38-26-23-35-22-21-34-15-7-8-16-39(34)43(35)31-38)45-19-9-17-41-40-27-24-37(30-48(40)53-50(41)45)33-13-5-2-6-14-33/h1-31H. The van der Waals surface area contributed by atoms with Gasteiger partial charge in [-0.2, -0.15) is 0 Å². The van der Waals surface area contributed by atoms with Gasteiger partial charge in [0.25, 0.3) is 0 Å². The van der Waals surface area contributed by atoms with Gasteiger partial charge in [-0.1, -0.05) is 140 Å². The van der Waals surface area contributed by atoms with Crippen LogP contribution in [0, 0.1) is 0 Å². The first-order chi connectivity index (χ1) is 26.3. The highest BCUT2D eigenvalue weighted by molar-refractivity contribution is 7.26. The normalized spacial score (nSPS) is 11.8. The van der Waals surface area contributed by atoms with Gasteiger partial charge in [-0.05, 0) is 92.3 Å². The van der Waals surface area contributed by atoms with E-state index in [2.05, 4.69) is 193 Å². The molecule has 0 saturated carbocycles. The average Bonchev–Trinajstić information content (AvgIpc) is 3.80. The van der Waals surface area contributed by atoms with E-state index >= 15 is 0 Å². The Morgan fingerprint density at radius 2 is 1.02 bits per heavy atom. The summed E-state index contributed by atoms with van der Waals surface area (Å²) in [6, 6.07) is 67.9. The van der Waals surface area contributed by atoms with Gasteiger partial charge in [-0.3, -0.25) is 0 Å². The van der Waals surface area contributed by atoms with Crippen molar-refractivity contribution in [2.75, 3.05) is 4.90 Å². The lowest BCUT2D eigenvalue weighted by molar-refractivity contribution is 0.669. The Kier molecular flexibility index (Phi) is 6.76. The van der Waals surface area contributed by atoms with E-state index in [9.17, 15) is 0 Å². The minimum atomic E-state index is 0.870. The molecule has 0 aliphatic heterocycles. The van der Waals surface area contributed by atoms with Crippen molar-refractivity contribution in [3.63, 3.8) is 0 Å². The summed E-state index contributed by atoms with van der Waals surface area (Å²) in [5.41, 5.74) is 9.86. The Hall–Kier alpha value is -6.68. The third-order valence-electron chi connectivity index (χ3n) is 10.6. The van der Waals surface area contributed by atoms with Crippen molar-refractivity contribution in [1.82, 2.24) is 0 Å². The van der Waals surface area contributed by atoms with E-state index < -0.39 is 0 Å². The lowest BCUT2D eigenvalue weighted by Crippen LogP contribution is -2.10. The summed E-state index contributed by atoms with van der Waals surface area (Å²) >= 11 is 1.87. The van der Waals surface area contributed by atoms with E-state index in [4.69, 9.17) is 4.42 Å².